The van der Waals surface area contributed by atoms with Crippen LogP contribution in [-0.2, 0) is 6.54 Å². The Hall–Kier alpha value is -2.35. The molecule has 0 bridgehead atoms. The van der Waals surface area contributed by atoms with Crippen molar-refractivity contribution in [2.75, 3.05) is 13.1 Å². The highest BCUT2D eigenvalue weighted by molar-refractivity contribution is 5.42. The molecule has 0 atom stereocenters. The number of H-pyrrole nitrogens is 1. The van der Waals surface area contributed by atoms with E-state index in [1.807, 2.05) is 43.3 Å². The maximum atomic E-state index is 11.8. The van der Waals surface area contributed by atoms with Gasteiger partial charge in [-0.2, -0.15) is 0 Å². The highest BCUT2D eigenvalue weighted by Crippen LogP contribution is 2.22. The van der Waals surface area contributed by atoms with Crippen molar-refractivity contribution in [1.29, 1.82) is 0 Å². The van der Waals surface area contributed by atoms with E-state index in [4.69, 9.17) is 0 Å². The highest BCUT2D eigenvalue weighted by Gasteiger charge is 2.30. The van der Waals surface area contributed by atoms with E-state index in [-0.39, 0.29) is 5.56 Å². The van der Waals surface area contributed by atoms with Gasteiger partial charge in [0.2, 0.25) is 0 Å². The van der Waals surface area contributed by atoms with Crippen molar-refractivity contribution in [2.45, 2.75) is 31.9 Å². The molecule has 1 aliphatic heterocycles. The van der Waals surface area contributed by atoms with Crippen LogP contribution in [0, 0.1) is 18.8 Å². The quantitative estimate of drug-likeness (QED) is 0.832. The van der Waals surface area contributed by atoms with E-state index < -0.39 is 5.60 Å². The molecule has 0 radical (unpaired) electrons. The molecule has 0 aliphatic carbocycles. The fourth-order valence-electron chi connectivity index (χ4n) is 2.92. The Morgan fingerprint density at radius 2 is 1.96 bits per heavy atom. The van der Waals surface area contributed by atoms with Crippen LogP contribution in [0.4, 0.5) is 0 Å². The standard InChI is InChI=1S/C20H22N2O2/c1-16-5-2-3-6-17(16)8-9-20(24)10-13-22(14-11-20)15-18-7-4-12-21-19(18)23/h2-7,12,24H,10-11,13-15H2,1H3,(H,21,23). The van der Waals surface area contributed by atoms with Gasteiger partial charge < -0.3 is 10.1 Å². The molecule has 2 N–H and O–H groups in total. The summed E-state index contributed by atoms with van der Waals surface area (Å²) in [7, 11) is 0. The lowest BCUT2D eigenvalue weighted by atomic mass is 9.91. The third kappa shape index (κ3) is 3.94. The van der Waals surface area contributed by atoms with Gasteiger partial charge in [-0.25, -0.2) is 0 Å². The lowest BCUT2D eigenvalue weighted by Crippen LogP contribution is -2.43. The van der Waals surface area contributed by atoms with E-state index in [2.05, 4.69) is 21.7 Å². The number of benzene rings is 1. The predicted molar refractivity (Wildman–Crippen MR) is 94.6 cm³/mol. The summed E-state index contributed by atoms with van der Waals surface area (Å²) in [5.74, 6) is 6.19. The number of aryl methyl sites for hydroxylation is 1. The summed E-state index contributed by atoms with van der Waals surface area (Å²) < 4.78 is 0. The SMILES string of the molecule is Cc1ccccc1C#CC1(O)CCN(Cc2ccc[nH]c2=O)CC1. The first-order chi connectivity index (χ1) is 11.6. The molecule has 1 saturated heterocycles. The molecule has 2 heterocycles. The van der Waals surface area contributed by atoms with Crippen LogP contribution in [0.5, 0.6) is 0 Å². The zero-order chi connectivity index (χ0) is 17.0. The molecule has 2 aromatic rings. The Bertz CT molecular complexity index is 821. The Kier molecular flexibility index (Phi) is 4.84. The normalized spacial score (nSPS) is 17.1. The van der Waals surface area contributed by atoms with E-state index in [1.165, 1.54) is 0 Å². The molecule has 4 heteroatoms. The van der Waals surface area contributed by atoms with E-state index in [0.29, 0.717) is 19.4 Å². The molecular weight excluding hydrogens is 300 g/mol. The first-order valence-electron chi connectivity index (χ1n) is 8.26. The van der Waals surface area contributed by atoms with Crippen molar-refractivity contribution in [3.63, 3.8) is 0 Å². The average molecular weight is 322 g/mol. The van der Waals surface area contributed by atoms with Gasteiger partial charge in [-0.1, -0.05) is 36.1 Å². The molecular formula is C20H22N2O2. The number of hydrogen-bond donors (Lipinski definition) is 2. The molecule has 3 rings (SSSR count). The number of aromatic amines is 1. The van der Waals surface area contributed by atoms with Crippen LogP contribution in [0.3, 0.4) is 0 Å². The molecule has 0 unspecified atom stereocenters. The van der Waals surface area contributed by atoms with Gasteiger partial charge in [0.25, 0.3) is 5.56 Å². The topological polar surface area (TPSA) is 56.3 Å². The monoisotopic (exact) mass is 322 g/mol. The molecule has 1 aromatic heterocycles. The molecule has 1 aromatic carbocycles. The lowest BCUT2D eigenvalue weighted by Gasteiger charge is -2.34. The van der Waals surface area contributed by atoms with Crippen molar-refractivity contribution in [1.82, 2.24) is 9.88 Å². The second-order valence-electron chi connectivity index (χ2n) is 6.40. The Labute approximate surface area is 142 Å². The molecule has 1 aliphatic rings. The van der Waals surface area contributed by atoms with Gasteiger partial charge in [0.05, 0.1) is 0 Å². The smallest absolute Gasteiger partial charge is 0.252 e. The van der Waals surface area contributed by atoms with Crippen LogP contribution < -0.4 is 5.56 Å². The Morgan fingerprint density at radius 3 is 2.67 bits per heavy atom. The summed E-state index contributed by atoms with van der Waals surface area (Å²) in [5, 5.41) is 10.7. The zero-order valence-electron chi connectivity index (χ0n) is 13.9. The largest absolute Gasteiger partial charge is 0.377 e. The number of likely N-dealkylation sites (tertiary alicyclic amines) is 1. The number of rotatable bonds is 2. The molecule has 0 saturated carbocycles. The molecule has 0 spiro atoms. The predicted octanol–water partition coefficient (Wildman–Crippen LogP) is 2.06. The minimum Gasteiger partial charge on any atom is -0.377 e. The summed E-state index contributed by atoms with van der Waals surface area (Å²) in [5.41, 5.74) is 1.85. The van der Waals surface area contributed by atoms with Gasteiger partial charge in [0, 0.05) is 49.8 Å². The van der Waals surface area contributed by atoms with Gasteiger partial charge in [0.15, 0.2) is 0 Å². The van der Waals surface area contributed by atoms with E-state index in [0.717, 1.165) is 29.8 Å². The second kappa shape index (κ2) is 7.04. The Morgan fingerprint density at radius 1 is 1.21 bits per heavy atom. The first kappa shape index (κ1) is 16.5. The average Bonchev–Trinajstić information content (AvgIpc) is 2.58. The van der Waals surface area contributed by atoms with Crippen molar-refractivity contribution in [2.24, 2.45) is 0 Å². The lowest BCUT2D eigenvalue weighted by molar-refractivity contribution is 0.0246. The van der Waals surface area contributed by atoms with Gasteiger partial charge in [0.1, 0.15) is 5.60 Å². The van der Waals surface area contributed by atoms with E-state index in [1.54, 1.807) is 6.20 Å². The van der Waals surface area contributed by atoms with Crippen molar-refractivity contribution < 1.29 is 5.11 Å². The molecule has 1 fully saturated rings. The van der Waals surface area contributed by atoms with Crippen molar-refractivity contribution in [3.05, 3.63) is 69.6 Å². The number of hydrogen-bond acceptors (Lipinski definition) is 3. The van der Waals surface area contributed by atoms with Gasteiger partial charge >= 0.3 is 0 Å². The third-order valence-electron chi connectivity index (χ3n) is 4.55. The minimum absolute atomic E-state index is 0.0438. The van der Waals surface area contributed by atoms with Gasteiger partial charge in [-0.3, -0.25) is 9.69 Å². The number of aromatic nitrogens is 1. The summed E-state index contributed by atoms with van der Waals surface area (Å²) in [6.45, 7) is 4.09. The number of pyridine rings is 1. The Balaban J connectivity index is 1.63. The second-order valence-corrected chi connectivity index (χ2v) is 6.40. The van der Waals surface area contributed by atoms with Crippen molar-refractivity contribution >= 4 is 0 Å². The summed E-state index contributed by atoms with van der Waals surface area (Å²) in [6, 6.07) is 11.6. The minimum atomic E-state index is -0.943. The molecule has 4 nitrogen and oxygen atoms in total. The van der Waals surface area contributed by atoms with Crippen LogP contribution in [0.2, 0.25) is 0 Å². The maximum Gasteiger partial charge on any atom is 0.252 e. The van der Waals surface area contributed by atoms with Crippen LogP contribution in [0.1, 0.15) is 29.5 Å². The fourth-order valence-corrected chi connectivity index (χ4v) is 2.92. The molecule has 24 heavy (non-hydrogen) atoms. The van der Waals surface area contributed by atoms with E-state index in [9.17, 15) is 9.90 Å². The van der Waals surface area contributed by atoms with Crippen LogP contribution in [-0.4, -0.2) is 33.7 Å². The van der Waals surface area contributed by atoms with Crippen LogP contribution in [0.25, 0.3) is 0 Å². The number of aliphatic hydroxyl groups is 1. The summed E-state index contributed by atoms with van der Waals surface area (Å²) in [4.78, 5) is 16.6. The van der Waals surface area contributed by atoms with Crippen LogP contribution in [0.15, 0.2) is 47.4 Å². The molecule has 0 amide bonds. The number of nitrogens with zero attached hydrogens (tertiary/aromatic N) is 1. The highest BCUT2D eigenvalue weighted by atomic mass is 16.3. The fraction of sp³-hybridized carbons (Fsp3) is 0.350. The maximum absolute atomic E-state index is 11.8. The van der Waals surface area contributed by atoms with Gasteiger partial charge in [-0.05, 0) is 24.6 Å². The van der Waals surface area contributed by atoms with Crippen molar-refractivity contribution in [3.8, 4) is 11.8 Å². The number of nitrogens with one attached hydrogen (secondary N) is 1. The van der Waals surface area contributed by atoms with Gasteiger partial charge in [-0.15, -0.1) is 0 Å². The molecule has 124 valence electrons. The van der Waals surface area contributed by atoms with E-state index >= 15 is 0 Å². The summed E-state index contributed by atoms with van der Waals surface area (Å²) in [6.07, 6.45) is 2.83. The summed E-state index contributed by atoms with van der Waals surface area (Å²) >= 11 is 0. The number of piperidine rings is 1. The first-order valence-corrected chi connectivity index (χ1v) is 8.26. The van der Waals surface area contributed by atoms with Crippen LogP contribution >= 0.6 is 0 Å². The third-order valence-corrected chi connectivity index (χ3v) is 4.55. The zero-order valence-corrected chi connectivity index (χ0v) is 13.9.